The highest BCUT2D eigenvalue weighted by Gasteiger charge is 2.19. The number of esters is 3. The van der Waals surface area contributed by atoms with Crippen LogP contribution in [0.1, 0.15) is 355 Å². The van der Waals surface area contributed by atoms with Gasteiger partial charge >= 0.3 is 17.9 Å². The maximum absolute atomic E-state index is 12.9. The summed E-state index contributed by atoms with van der Waals surface area (Å²) >= 11 is 0. The molecule has 0 fully saturated rings. The molecule has 0 saturated heterocycles. The lowest BCUT2D eigenvalue weighted by atomic mass is 10.0. The zero-order valence-corrected chi connectivity index (χ0v) is 51.5. The van der Waals surface area contributed by atoms with E-state index in [1.807, 2.05) is 0 Å². The number of ether oxygens (including phenoxy) is 3. The number of hydrogen-bond donors (Lipinski definition) is 0. The van der Waals surface area contributed by atoms with E-state index in [2.05, 4.69) is 81.5 Å². The fourth-order valence-corrected chi connectivity index (χ4v) is 9.96. The molecule has 77 heavy (non-hydrogen) atoms. The van der Waals surface area contributed by atoms with Gasteiger partial charge in [0.05, 0.1) is 0 Å². The second-order valence-corrected chi connectivity index (χ2v) is 22.7. The van der Waals surface area contributed by atoms with Gasteiger partial charge in [-0.15, -0.1) is 0 Å². The molecular weight excluding hydrogens is 949 g/mol. The van der Waals surface area contributed by atoms with Crippen molar-refractivity contribution in [2.45, 2.75) is 361 Å². The van der Waals surface area contributed by atoms with Gasteiger partial charge in [0.2, 0.25) is 0 Å². The summed E-state index contributed by atoms with van der Waals surface area (Å²) < 4.78 is 16.9. The molecule has 0 bridgehead atoms. The smallest absolute Gasteiger partial charge is 0.306 e. The Morgan fingerprint density at radius 1 is 0.273 bits per heavy atom. The molecule has 0 aromatic rings. The van der Waals surface area contributed by atoms with Crippen molar-refractivity contribution in [2.75, 3.05) is 13.2 Å². The molecule has 1 unspecified atom stereocenters. The quantitative estimate of drug-likeness (QED) is 0.0261. The van der Waals surface area contributed by atoms with E-state index < -0.39 is 6.10 Å². The van der Waals surface area contributed by atoms with Crippen molar-refractivity contribution in [1.82, 2.24) is 0 Å². The molecule has 0 spiro atoms. The molecule has 0 heterocycles. The van der Waals surface area contributed by atoms with E-state index in [1.54, 1.807) is 0 Å². The summed E-state index contributed by atoms with van der Waals surface area (Å²) in [5.41, 5.74) is 0. The SMILES string of the molecule is CC/C=C\C/C=C\C/C=C\CCCCCC(=O)OCC(COC(=O)CCCCCCCCCCCCC/C=C\C/C=C\CCCCCCC)OC(=O)CCCCCCCCCCCCCCCCCCCCCCCCC. The molecule has 1 atom stereocenters. The molecule has 0 radical (unpaired) electrons. The molecule has 0 rings (SSSR count). The van der Waals surface area contributed by atoms with Gasteiger partial charge in [-0.1, -0.05) is 313 Å². The predicted octanol–water partition coefficient (Wildman–Crippen LogP) is 23.1. The van der Waals surface area contributed by atoms with Gasteiger partial charge in [-0.25, -0.2) is 0 Å². The molecule has 448 valence electrons. The maximum Gasteiger partial charge on any atom is 0.306 e. The Morgan fingerprint density at radius 3 is 0.805 bits per heavy atom. The van der Waals surface area contributed by atoms with E-state index in [0.29, 0.717) is 19.3 Å². The first-order valence-electron chi connectivity index (χ1n) is 33.8. The number of allylic oxidation sites excluding steroid dienone is 10. The summed E-state index contributed by atoms with van der Waals surface area (Å²) in [6.45, 7) is 6.55. The van der Waals surface area contributed by atoms with Crippen LogP contribution in [0, 0.1) is 0 Å². The lowest BCUT2D eigenvalue weighted by Crippen LogP contribution is -2.30. The molecule has 0 N–H and O–H groups in total. The molecule has 0 aliphatic heterocycles. The van der Waals surface area contributed by atoms with Gasteiger partial charge in [0, 0.05) is 19.3 Å². The van der Waals surface area contributed by atoms with E-state index in [0.717, 1.165) is 89.9 Å². The molecule has 0 aliphatic carbocycles. The van der Waals surface area contributed by atoms with Gasteiger partial charge in [0.15, 0.2) is 6.10 Å². The largest absolute Gasteiger partial charge is 0.462 e. The van der Waals surface area contributed by atoms with Gasteiger partial charge in [-0.05, 0) is 83.5 Å². The zero-order chi connectivity index (χ0) is 55.7. The number of carbonyl (C=O) groups excluding carboxylic acids is 3. The molecular formula is C71H128O6. The summed E-state index contributed by atoms with van der Waals surface area (Å²) in [6, 6.07) is 0. The highest BCUT2D eigenvalue weighted by atomic mass is 16.6. The van der Waals surface area contributed by atoms with Crippen LogP contribution in [0.2, 0.25) is 0 Å². The number of rotatable bonds is 62. The Kier molecular flexibility index (Phi) is 63.2. The van der Waals surface area contributed by atoms with Crippen LogP contribution in [0.4, 0.5) is 0 Å². The monoisotopic (exact) mass is 1080 g/mol. The third-order valence-electron chi connectivity index (χ3n) is 15.0. The van der Waals surface area contributed by atoms with Gasteiger partial charge < -0.3 is 14.2 Å². The Morgan fingerprint density at radius 2 is 0.506 bits per heavy atom. The molecule has 0 saturated carbocycles. The molecule has 6 nitrogen and oxygen atoms in total. The Bertz CT molecular complexity index is 1380. The van der Waals surface area contributed by atoms with Gasteiger partial charge in [-0.2, -0.15) is 0 Å². The zero-order valence-electron chi connectivity index (χ0n) is 51.5. The first-order chi connectivity index (χ1) is 38.0. The van der Waals surface area contributed by atoms with Crippen molar-refractivity contribution in [1.29, 1.82) is 0 Å². The third kappa shape index (κ3) is 63.8. The van der Waals surface area contributed by atoms with E-state index >= 15 is 0 Å². The van der Waals surface area contributed by atoms with Crippen LogP contribution in [0.3, 0.4) is 0 Å². The van der Waals surface area contributed by atoms with Crippen LogP contribution in [0.25, 0.3) is 0 Å². The summed E-state index contributed by atoms with van der Waals surface area (Å²) in [5, 5.41) is 0. The first kappa shape index (κ1) is 74.1. The minimum Gasteiger partial charge on any atom is -0.462 e. The maximum atomic E-state index is 12.9. The number of carbonyl (C=O) groups is 3. The Hall–Kier alpha value is -2.89. The number of hydrogen-bond acceptors (Lipinski definition) is 6. The molecule has 0 aromatic carbocycles. The van der Waals surface area contributed by atoms with Crippen LogP contribution in [0.15, 0.2) is 60.8 Å². The van der Waals surface area contributed by atoms with Gasteiger partial charge in [-0.3, -0.25) is 14.4 Å². The van der Waals surface area contributed by atoms with Crippen LogP contribution < -0.4 is 0 Å². The minimum atomic E-state index is -0.786. The number of unbranched alkanes of at least 4 members (excludes halogenated alkanes) is 41. The fraction of sp³-hybridized carbons (Fsp3) is 0.817. The van der Waals surface area contributed by atoms with Crippen LogP contribution in [0.5, 0.6) is 0 Å². The van der Waals surface area contributed by atoms with Crippen molar-refractivity contribution in [2.24, 2.45) is 0 Å². The van der Waals surface area contributed by atoms with Crippen molar-refractivity contribution < 1.29 is 28.6 Å². The lowest BCUT2D eigenvalue weighted by Gasteiger charge is -2.18. The topological polar surface area (TPSA) is 78.9 Å². The highest BCUT2D eigenvalue weighted by molar-refractivity contribution is 5.71. The van der Waals surface area contributed by atoms with Crippen molar-refractivity contribution in [3.63, 3.8) is 0 Å². The molecule has 0 aromatic heterocycles. The molecule has 0 amide bonds. The van der Waals surface area contributed by atoms with E-state index in [9.17, 15) is 14.4 Å². The second kappa shape index (κ2) is 65.6. The van der Waals surface area contributed by atoms with E-state index in [1.165, 1.54) is 225 Å². The van der Waals surface area contributed by atoms with Crippen molar-refractivity contribution >= 4 is 17.9 Å². The van der Waals surface area contributed by atoms with Crippen molar-refractivity contribution in [3.8, 4) is 0 Å². The summed E-state index contributed by atoms with van der Waals surface area (Å²) in [4.78, 5) is 38.3. The van der Waals surface area contributed by atoms with Crippen molar-refractivity contribution in [3.05, 3.63) is 60.8 Å². The minimum absolute atomic E-state index is 0.0815. The highest BCUT2D eigenvalue weighted by Crippen LogP contribution is 2.18. The predicted molar refractivity (Wildman–Crippen MR) is 335 cm³/mol. The summed E-state index contributed by atoms with van der Waals surface area (Å²) in [7, 11) is 0. The van der Waals surface area contributed by atoms with Gasteiger partial charge in [0.25, 0.3) is 0 Å². The fourth-order valence-electron chi connectivity index (χ4n) is 9.96. The van der Waals surface area contributed by atoms with Gasteiger partial charge in [0.1, 0.15) is 13.2 Å². The van der Waals surface area contributed by atoms with Crippen LogP contribution in [-0.2, 0) is 28.6 Å². The molecule has 6 heteroatoms. The van der Waals surface area contributed by atoms with E-state index in [-0.39, 0.29) is 31.1 Å². The lowest BCUT2D eigenvalue weighted by molar-refractivity contribution is -0.167. The standard InChI is InChI=1S/C71H128O6/c1-4-7-10-13-16-19-22-25-27-29-31-33-35-37-39-41-43-46-49-52-55-58-61-64-70(73)76-67-68(66-75-69(72)63-60-57-54-51-48-45-24-21-18-15-12-9-6-3)77-71(74)65-62-59-56-53-50-47-44-42-40-38-36-34-32-30-28-26-23-20-17-14-11-8-5-2/h9,12,18,21-22,25,29,31,45,48,68H,4-8,10-11,13-17,19-20,23-24,26-28,30,32-44,46-47,49-67H2,1-3H3/b12-9-,21-18-,25-22-,31-29-,48-45-. The summed E-state index contributed by atoms with van der Waals surface area (Å²) in [6.07, 6.45) is 83.9. The Labute approximate surface area is 479 Å². The average Bonchev–Trinajstić information content (AvgIpc) is 3.43. The van der Waals surface area contributed by atoms with Crippen LogP contribution in [-0.4, -0.2) is 37.2 Å². The normalized spacial score (nSPS) is 12.4. The third-order valence-corrected chi connectivity index (χ3v) is 15.0. The Balaban J connectivity index is 4.28. The van der Waals surface area contributed by atoms with Crippen LogP contribution >= 0.6 is 0 Å². The van der Waals surface area contributed by atoms with E-state index in [4.69, 9.17) is 14.2 Å². The second-order valence-electron chi connectivity index (χ2n) is 22.7. The molecule has 0 aliphatic rings. The average molecular weight is 1080 g/mol. The summed E-state index contributed by atoms with van der Waals surface area (Å²) in [5.74, 6) is -0.893. The first-order valence-corrected chi connectivity index (χ1v) is 33.8.